The minimum atomic E-state index is -1.14. The van der Waals surface area contributed by atoms with E-state index in [-0.39, 0.29) is 5.69 Å². The third-order valence-electron chi connectivity index (χ3n) is 4.27. The molecule has 1 aliphatic heterocycles. The zero-order chi connectivity index (χ0) is 17.9. The van der Waals surface area contributed by atoms with Gasteiger partial charge in [0.2, 0.25) is 0 Å². The molecule has 1 aromatic carbocycles. The first-order valence-corrected chi connectivity index (χ1v) is 8.05. The summed E-state index contributed by atoms with van der Waals surface area (Å²) in [7, 11) is 0. The van der Waals surface area contributed by atoms with Crippen molar-refractivity contribution in [2.75, 3.05) is 0 Å². The molecule has 6 heteroatoms. The molecule has 1 N–H and O–H groups in total. The molecular weight excluding hydrogens is 329 g/mol. The Morgan fingerprint density at radius 3 is 2.54 bits per heavy atom. The van der Waals surface area contributed by atoms with Crippen LogP contribution in [0.3, 0.4) is 0 Å². The van der Waals surface area contributed by atoms with Crippen LogP contribution in [0.4, 0.5) is 10.1 Å². The van der Waals surface area contributed by atoms with Gasteiger partial charge < -0.3 is 5.11 Å². The summed E-state index contributed by atoms with van der Waals surface area (Å²) in [5, 5.41) is 10.7. The van der Waals surface area contributed by atoms with Gasteiger partial charge in [0, 0.05) is 17.2 Å². The van der Waals surface area contributed by atoms with Crippen molar-refractivity contribution in [3.8, 4) is 11.3 Å². The van der Waals surface area contributed by atoms with Crippen LogP contribution in [-0.4, -0.2) is 26.4 Å². The van der Waals surface area contributed by atoms with E-state index in [4.69, 9.17) is 11.6 Å². The summed E-state index contributed by atoms with van der Waals surface area (Å²) in [4.78, 5) is 12.7. The fraction of sp³-hybridized carbons (Fsp3) is 0.389. The number of halogens is 2. The Labute approximate surface area is 145 Å². The number of benzene rings is 1. The maximum absolute atomic E-state index is 14.7. The number of aliphatic hydroxyl groups is 1. The first-order valence-electron chi connectivity index (χ1n) is 7.67. The molecule has 2 aromatic rings. The summed E-state index contributed by atoms with van der Waals surface area (Å²) in [6.07, 6.45) is 1.51. The summed E-state index contributed by atoms with van der Waals surface area (Å²) < 4.78 is 14.7. The van der Waals surface area contributed by atoms with Crippen molar-refractivity contribution in [3.63, 3.8) is 0 Å². The minimum Gasteiger partial charge on any atom is -0.384 e. The van der Waals surface area contributed by atoms with E-state index in [1.54, 1.807) is 20.8 Å². The number of hydrogen-bond donors (Lipinski definition) is 1. The van der Waals surface area contributed by atoms with Crippen LogP contribution >= 0.6 is 11.6 Å². The Kier molecular flexibility index (Phi) is 3.77. The van der Waals surface area contributed by atoms with Gasteiger partial charge in [0.05, 0.1) is 22.0 Å². The lowest BCUT2D eigenvalue weighted by atomic mass is 9.75. The van der Waals surface area contributed by atoms with E-state index in [9.17, 15) is 9.50 Å². The lowest BCUT2D eigenvalue weighted by Crippen LogP contribution is -2.42. The Morgan fingerprint density at radius 2 is 1.92 bits per heavy atom. The quantitative estimate of drug-likeness (QED) is 0.877. The van der Waals surface area contributed by atoms with Gasteiger partial charge in [-0.25, -0.2) is 14.4 Å². The van der Waals surface area contributed by atoms with Gasteiger partial charge in [0.15, 0.2) is 0 Å². The molecule has 4 nitrogen and oxygen atoms in total. The summed E-state index contributed by atoms with van der Waals surface area (Å²) in [5.74, 6) is 0.102. The number of hydrogen-bond acceptors (Lipinski definition) is 4. The largest absolute Gasteiger partial charge is 0.384 e. The molecule has 1 aliphatic rings. The second-order valence-electron chi connectivity index (χ2n) is 7.11. The third-order valence-corrected chi connectivity index (χ3v) is 4.55. The molecule has 0 fully saturated rings. The summed E-state index contributed by atoms with van der Waals surface area (Å²) in [5.41, 5.74) is 0.827. The molecule has 0 aliphatic carbocycles. The van der Waals surface area contributed by atoms with Crippen LogP contribution < -0.4 is 0 Å². The summed E-state index contributed by atoms with van der Waals surface area (Å²) >= 11 is 6.19. The van der Waals surface area contributed by atoms with Crippen LogP contribution in [0.1, 0.15) is 39.1 Å². The van der Waals surface area contributed by atoms with Gasteiger partial charge in [0.1, 0.15) is 17.3 Å². The maximum Gasteiger partial charge on any atom is 0.149 e. The van der Waals surface area contributed by atoms with Crippen LogP contribution in [0, 0.1) is 12.7 Å². The predicted molar refractivity (Wildman–Crippen MR) is 93.6 cm³/mol. The monoisotopic (exact) mass is 347 g/mol. The van der Waals surface area contributed by atoms with E-state index >= 15 is 0 Å². The Morgan fingerprint density at radius 1 is 1.25 bits per heavy atom. The smallest absolute Gasteiger partial charge is 0.149 e. The van der Waals surface area contributed by atoms with Crippen LogP contribution in [0.2, 0.25) is 5.02 Å². The van der Waals surface area contributed by atoms with Crippen molar-refractivity contribution in [2.45, 2.75) is 45.6 Å². The topological polar surface area (TPSA) is 58.4 Å². The van der Waals surface area contributed by atoms with Crippen molar-refractivity contribution in [2.24, 2.45) is 4.99 Å². The molecule has 0 saturated carbocycles. The van der Waals surface area contributed by atoms with Gasteiger partial charge in [-0.05, 0) is 38.5 Å². The zero-order valence-corrected chi connectivity index (χ0v) is 15.0. The van der Waals surface area contributed by atoms with E-state index in [1.807, 2.05) is 19.9 Å². The van der Waals surface area contributed by atoms with E-state index in [0.29, 0.717) is 33.4 Å². The molecule has 0 amide bonds. The van der Waals surface area contributed by atoms with Crippen LogP contribution in [0.5, 0.6) is 0 Å². The van der Waals surface area contributed by atoms with Crippen molar-refractivity contribution in [3.05, 3.63) is 40.6 Å². The molecule has 0 saturated heterocycles. The Hall–Kier alpha value is -1.85. The van der Waals surface area contributed by atoms with Crippen LogP contribution in [0.15, 0.2) is 23.3 Å². The highest BCUT2D eigenvalue weighted by atomic mass is 35.5. The molecular formula is C18H19ClFN3O. The molecule has 3 rings (SSSR count). The molecule has 0 bridgehead atoms. The van der Waals surface area contributed by atoms with Gasteiger partial charge in [0.25, 0.3) is 0 Å². The number of nitrogens with zero attached hydrogens (tertiary/aromatic N) is 3. The number of rotatable bonds is 2. The van der Waals surface area contributed by atoms with Crippen LogP contribution in [-0.2, 0) is 5.41 Å². The molecule has 1 aromatic heterocycles. The molecule has 0 radical (unpaired) electrons. The first kappa shape index (κ1) is 17.0. The van der Waals surface area contributed by atoms with Gasteiger partial charge >= 0.3 is 0 Å². The number of fused-ring (bicyclic) bond motifs is 1. The summed E-state index contributed by atoms with van der Waals surface area (Å²) in [6.45, 7) is 8.91. The van der Waals surface area contributed by atoms with E-state index < -0.39 is 16.8 Å². The second-order valence-corrected chi connectivity index (χ2v) is 7.52. The van der Waals surface area contributed by atoms with Crippen molar-refractivity contribution >= 4 is 23.0 Å². The maximum atomic E-state index is 14.7. The Balaban J connectivity index is 2.21. The number of aromatic nitrogens is 2. The third kappa shape index (κ3) is 2.62. The SMILES string of the molecule is Cc1ncc(Cl)c(-c2cc(F)c3c(c2)C(C)(C)C(C(C)(C)O)=N3)n1. The highest BCUT2D eigenvalue weighted by Gasteiger charge is 2.43. The molecule has 0 spiro atoms. The average molecular weight is 348 g/mol. The van der Waals surface area contributed by atoms with Crippen molar-refractivity contribution < 1.29 is 9.50 Å². The summed E-state index contributed by atoms with van der Waals surface area (Å²) in [6, 6.07) is 3.22. The van der Waals surface area contributed by atoms with Gasteiger partial charge in [-0.3, -0.25) is 4.99 Å². The normalized spacial score (nSPS) is 16.1. The minimum absolute atomic E-state index is 0.266. The fourth-order valence-corrected chi connectivity index (χ4v) is 3.46. The van der Waals surface area contributed by atoms with Gasteiger partial charge in [-0.15, -0.1) is 0 Å². The lowest BCUT2D eigenvalue weighted by Gasteiger charge is -2.30. The molecule has 0 unspecified atom stereocenters. The molecule has 0 atom stereocenters. The van der Waals surface area contributed by atoms with Gasteiger partial charge in [-0.2, -0.15) is 0 Å². The highest BCUT2D eigenvalue weighted by Crippen LogP contribution is 2.46. The average Bonchev–Trinajstić information content (AvgIpc) is 2.74. The van der Waals surface area contributed by atoms with Crippen molar-refractivity contribution in [1.82, 2.24) is 9.97 Å². The number of aliphatic imine (C=N–C) groups is 1. The second kappa shape index (κ2) is 5.33. The fourth-order valence-electron chi connectivity index (χ4n) is 3.26. The van der Waals surface area contributed by atoms with E-state index in [1.165, 1.54) is 12.3 Å². The zero-order valence-electron chi connectivity index (χ0n) is 14.3. The lowest BCUT2D eigenvalue weighted by molar-refractivity contribution is 0.147. The highest BCUT2D eigenvalue weighted by molar-refractivity contribution is 6.32. The Bertz CT molecular complexity index is 869. The predicted octanol–water partition coefficient (Wildman–Crippen LogP) is 4.38. The van der Waals surface area contributed by atoms with Gasteiger partial charge in [-0.1, -0.05) is 25.4 Å². The number of aryl methyl sites for hydroxylation is 1. The first-order chi connectivity index (χ1) is 11.0. The molecule has 2 heterocycles. The van der Waals surface area contributed by atoms with Crippen LogP contribution in [0.25, 0.3) is 11.3 Å². The molecule has 24 heavy (non-hydrogen) atoms. The van der Waals surface area contributed by atoms with E-state index in [0.717, 1.165) is 0 Å². The standard InChI is InChI=1S/C18H19ClFN3O/c1-9-21-8-12(19)14(22-9)10-6-11-15(13(20)7-10)23-16(17(11,2)3)18(4,5)24/h6-8,24H,1-5H3. The molecule has 126 valence electrons. The van der Waals surface area contributed by atoms with E-state index in [2.05, 4.69) is 15.0 Å². The van der Waals surface area contributed by atoms with Crippen molar-refractivity contribution in [1.29, 1.82) is 0 Å².